The van der Waals surface area contributed by atoms with Gasteiger partial charge in [-0.15, -0.1) is 0 Å². The highest BCUT2D eigenvalue weighted by Gasteiger charge is 2.14. The smallest absolute Gasteiger partial charge is 0.243 e. The van der Waals surface area contributed by atoms with Gasteiger partial charge in [0.2, 0.25) is 11.8 Å². The first-order valence-corrected chi connectivity index (χ1v) is 5.83. The maximum atomic E-state index is 11.7. The molecule has 1 rings (SSSR count). The minimum absolute atomic E-state index is 0.0282. The Balaban J connectivity index is 2.43. The molecule has 5 nitrogen and oxygen atoms in total. The van der Waals surface area contributed by atoms with Gasteiger partial charge in [0.25, 0.3) is 0 Å². The van der Waals surface area contributed by atoms with Crippen LogP contribution in [0.15, 0.2) is 30.3 Å². The summed E-state index contributed by atoms with van der Waals surface area (Å²) >= 11 is 0. The van der Waals surface area contributed by atoms with Crippen LogP contribution in [-0.4, -0.2) is 36.3 Å². The minimum atomic E-state index is -0.221. The fourth-order valence-electron chi connectivity index (χ4n) is 1.46. The van der Waals surface area contributed by atoms with Crippen molar-refractivity contribution >= 4 is 17.5 Å². The van der Waals surface area contributed by atoms with Crippen LogP contribution >= 0.6 is 0 Å². The molecule has 0 heterocycles. The number of benzene rings is 1. The van der Waals surface area contributed by atoms with Crippen LogP contribution in [0.5, 0.6) is 0 Å². The summed E-state index contributed by atoms with van der Waals surface area (Å²) in [4.78, 5) is 24.7. The van der Waals surface area contributed by atoms with Crippen LogP contribution in [0.1, 0.15) is 13.3 Å². The van der Waals surface area contributed by atoms with E-state index in [2.05, 4.69) is 5.32 Å². The van der Waals surface area contributed by atoms with E-state index in [1.54, 1.807) is 26.1 Å². The van der Waals surface area contributed by atoms with Gasteiger partial charge in [0.05, 0.1) is 6.54 Å². The molecule has 0 spiro atoms. The zero-order valence-corrected chi connectivity index (χ0v) is 10.7. The molecule has 0 saturated carbocycles. The van der Waals surface area contributed by atoms with E-state index in [-0.39, 0.29) is 30.8 Å². The molecule has 0 aromatic heterocycles. The second-order valence-electron chi connectivity index (χ2n) is 4.35. The van der Waals surface area contributed by atoms with Crippen LogP contribution in [-0.2, 0) is 9.59 Å². The number of nitrogens with one attached hydrogen (secondary N) is 1. The van der Waals surface area contributed by atoms with E-state index < -0.39 is 0 Å². The molecule has 0 aliphatic rings. The third-order valence-electron chi connectivity index (χ3n) is 2.36. The number of rotatable bonds is 5. The molecule has 0 aliphatic carbocycles. The zero-order chi connectivity index (χ0) is 13.5. The summed E-state index contributed by atoms with van der Waals surface area (Å²) < 4.78 is 0. The third kappa shape index (κ3) is 4.97. The largest absolute Gasteiger partial charge is 0.336 e. The second kappa shape index (κ2) is 6.76. The van der Waals surface area contributed by atoms with Gasteiger partial charge in [-0.1, -0.05) is 18.2 Å². The Morgan fingerprint density at radius 3 is 2.50 bits per heavy atom. The molecule has 0 bridgehead atoms. The van der Waals surface area contributed by atoms with Crippen molar-refractivity contribution in [2.75, 3.05) is 18.9 Å². The number of anilines is 1. The number of nitrogens with two attached hydrogens (primary N) is 1. The van der Waals surface area contributed by atoms with Crippen molar-refractivity contribution in [3.8, 4) is 0 Å². The molecule has 1 atom stereocenters. The summed E-state index contributed by atoms with van der Waals surface area (Å²) in [6, 6.07) is 8.93. The van der Waals surface area contributed by atoms with E-state index in [1.807, 2.05) is 18.2 Å². The molecule has 0 radical (unpaired) electrons. The molecule has 1 aromatic rings. The normalized spacial score (nSPS) is 11.7. The molecule has 1 aromatic carbocycles. The summed E-state index contributed by atoms with van der Waals surface area (Å²) in [7, 11) is 1.59. The predicted molar refractivity (Wildman–Crippen MR) is 71.0 cm³/mol. The van der Waals surface area contributed by atoms with E-state index in [4.69, 9.17) is 5.73 Å². The van der Waals surface area contributed by atoms with Gasteiger partial charge in [0, 0.05) is 25.2 Å². The van der Waals surface area contributed by atoms with Gasteiger partial charge in [0.15, 0.2) is 0 Å². The van der Waals surface area contributed by atoms with Crippen molar-refractivity contribution in [3.05, 3.63) is 30.3 Å². The molecular weight excluding hydrogens is 230 g/mol. The minimum Gasteiger partial charge on any atom is -0.336 e. The fraction of sp³-hybridized carbons (Fsp3) is 0.385. The Bertz CT molecular complexity index is 404. The van der Waals surface area contributed by atoms with Gasteiger partial charge in [-0.25, -0.2) is 0 Å². The predicted octanol–water partition coefficient (Wildman–Crippen LogP) is 0.821. The van der Waals surface area contributed by atoms with Crippen molar-refractivity contribution in [2.45, 2.75) is 19.4 Å². The molecule has 0 fully saturated rings. The average Bonchev–Trinajstić information content (AvgIpc) is 2.29. The third-order valence-corrected chi connectivity index (χ3v) is 2.36. The van der Waals surface area contributed by atoms with Crippen LogP contribution in [0.2, 0.25) is 0 Å². The average molecular weight is 249 g/mol. The van der Waals surface area contributed by atoms with Gasteiger partial charge in [-0.05, 0) is 19.1 Å². The Morgan fingerprint density at radius 2 is 1.94 bits per heavy atom. The zero-order valence-electron chi connectivity index (χ0n) is 10.7. The van der Waals surface area contributed by atoms with Gasteiger partial charge >= 0.3 is 0 Å². The highest BCUT2D eigenvalue weighted by Crippen LogP contribution is 2.05. The molecule has 5 heteroatoms. The van der Waals surface area contributed by atoms with Gasteiger partial charge in [-0.2, -0.15) is 0 Å². The van der Waals surface area contributed by atoms with E-state index in [0.717, 1.165) is 5.69 Å². The van der Waals surface area contributed by atoms with Crippen LogP contribution in [0.25, 0.3) is 0 Å². The maximum Gasteiger partial charge on any atom is 0.243 e. The second-order valence-corrected chi connectivity index (χ2v) is 4.35. The number of carbonyl (C=O) groups excluding carboxylic acids is 2. The van der Waals surface area contributed by atoms with Crippen LogP contribution in [0.4, 0.5) is 5.69 Å². The Morgan fingerprint density at radius 1 is 1.33 bits per heavy atom. The van der Waals surface area contributed by atoms with Gasteiger partial charge in [0.1, 0.15) is 0 Å². The lowest BCUT2D eigenvalue weighted by molar-refractivity contribution is -0.133. The lowest BCUT2D eigenvalue weighted by Crippen LogP contribution is -2.37. The number of para-hydroxylation sites is 1. The Hall–Kier alpha value is -1.88. The quantitative estimate of drug-likeness (QED) is 0.811. The van der Waals surface area contributed by atoms with Crippen molar-refractivity contribution in [3.63, 3.8) is 0 Å². The molecule has 0 saturated heterocycles. The molecule has 3 N–H and O–H groups in total. The van der Waals surface area contributed by atoms with E-state index in [0.29, 0.717) is 0 Å². The summed E-state index contributed by atoms with van der Waals surface area (Å²) in [6.07, 6.45) is 0.245. The molecule has 98 valence electrons. The number of likely N-dealkylation sites (N-methyl/N-ethyl adjacent to an activating group) is 1. The number of carbonyl (C=O) groups is 2. The summed E-state index contributed by atoms with van der Waals surface area (Å²) in [5.74, 6) is -0.352. The number of hydrogen-bond donors (Lipinski definition) is 2. The highest BCUT2D eigenvalue weighted by molar-refractivity contribution is 5.94. The maximum absolute atomic E-state index is 11.7. The first-order chi connectivity index (χ1) is 8.49. The topological polar surface area (TPSA) is 75.4 Å². The summed E-state index contributed by atoms with van der Waals surface area (Å²) in [5, 5.41) is 2.72. The molecule has 2 amide bonds. The monoisotopic (exact) mass is 249 g/mol. The Kier molecular flexibility index (Phi) is 5.32. The number of hydrogen-bond acceptors (Lipinski definition) is 3. The van der Waals surface area contributed by atoms with E-state index in [1.165, 1.54) is 4.90 Å². The first kappa shape index (κ1) is 14.2. The van der Waals surface area contributed by atoms with Crippen LogP contribution in [0.3, 0.4) is 0 Å². The van der Waals surface area contributed by atoms with Crippen molar-refractivity contribution < 1.29 is 9.59 Å². The SMILES string of the molecule is CC(N)CC(=O)N(C)CC(=O)Nc1ccccc1. The van der Waals surface area contributed by atoms with Gasteiger partial charge in [-0.3, -0.25) is 9.59 Å². The fourth-order valence-corrected chi connectivity index (χ4v) is 1.46. The summed E-state index contributed by atoms with van der Waals surface area (Å²) in [6.45, 7) is 1.79. The first-order valence-electron chi connectivity index (χ1n) is 5.83. The van der Waals surface area contributed by atoms with Crippen molar-refractivity contribution in [1.29, 1.82) is 0 Å². The van der Waals surface area contributed by atoms with E-state index in [9.17, 15) is 9.59 Å². The Labute approximate surface area is 107 Å². The number of nitrogens with zero attached hydrogens (tertiary/aromatic N) is 1. The lowest BCUT2D eigenvalue weighted by Gasteiger charge is -2.17. The standard InChI is InChI=1S/C13H19N3O2/c1-10(14)8-13(18)16(2)9-12(17)15-11-6-4-3-5-7-11/h3-7,10H,8-9,14H2,1-2H3,(H,15,17). The summed E-state index contributed by atoms with van der Waals surface area (Å²) in [5.41, 5.74) is 6.26. The molecule has 1 unspecified atom stereocenters. The molecule has 18 heavy (non-hydrogen) atoms. The highest BCUT2D eigenvalue weighted by atomic mass is 16.2. The lowest BCUT2D eigenvalue weighted by atomic mass is 10.2. The molecular formula is C13H19N3O2. The number of amides is 2. The van der Waals surface area contributed by atoms with E-state index >= 15 is 0 Å². The van der Waals surface area contributed by atoms with Crippen molar-refractivity contribution in [1.82, 2.24) is 4.90 Å². The van der Waals surface area contributed by atoms with Crippen molar-refractivity contribution in [2.24, 2.45) is 5.73 Å². The van der Waals surface area contributed by atoms with Gasteiger partial charge < -0.3 is 16.0 Å². The van der Waals surface area contributed by atoms with Crippen LogP contribution < -0.4 is 11.1 Å². The molecule has 0 aliphatic heterocycles. The van der Waals surface area contributed by atoms with Crippen LogP contribution in [0, 0.1) is 0 Å².